The van der Waals surface area contributed by atoms with E-state index in [0.29, 0.717) is 31.9 Å². The van der Waals surface area contributed by atoms with Crippen LogP contribution in [0.4, 0.5) is 4.79 Å². The molecule has 2 amide bonds. The molecule has 0 bridgehead atoms. The van der Waals surface area contributed by atoms with E-state index >= 15 is 0 Å². The van der Waals surface area contributed by atoms with Gasteiger partial charge in [-0.25, -0.2) is 4.79 Å². The predicted molar refractivity (Wildman–Crippen MR) is 80.6 cm³/mol. The van der Waals surface area contributed by atoms with Crippen LogP contribution in [0.2, 0.25) is 0 Å². The number of carbonyl (C=O) groups is 2. The summed E-state index contributed by atoms with van der Waals surface area (Å²) in [5.41, 5.74) is 0. The summed E-state index contributed by atoms with van der Waals surface area (Å²) in [4.78, 5) is 27.3. The molecule has 1 aliphatic heterocycles. The van der Waals surface area contributed by atoms with E-state index in [1.807, 2.05) is 18.2 Å². The molecular formula is C15H19ClN2O3. The van der Waals surface area contributed by atoms with Gasteiger partial charge >= 0.3 is 6.09 Å². The zero-order valence-corrected chi connectivity index (χ0v) is 12.8. The van der Waals surface area contributed by atoms with Gasteiger partial charge in [0.1, 0.15) is 11.1 Å². The molecule has 1 fully saturated rings. The summed E-state index contributed by atoms with van der Waals surface area (Å²) in [7, 11) is 0. The summed E-state index contributed by atoms with van der Waals surface area (Å²) in [6.07, 6.45) is 0.341. The van der Waals surface area contributed by atoms with Crippen LogP contribution in [0.5, 0.6) is 5.75 Å². The van der Waals surface area contributed by atoms with Gasteiger partial charge in [0.15, 0.2) is 0 Å². The zero-order valence-electron chi connectivity index (χ0n) is 12.0. The maximum Gasteiger partial charge on any atom is 0.415 e. The van der Waals surface area contributed by atoms with Crippen molar-refractivity contribution in [1.82, 2.24) is 9.80 Å². The number of ether oxygens (including phenoxy) is 1. The van der Waals surface area contributed by atoms with Crippen molar-refractivity contribution in [3.63, 3.8) is 0 Å². The Balaban J connectivity index is 1.90. The number of para-hydroxylation sites is 1. The SMILES string of the molecule is CC(Cl)C(=O)N1CCCN(C(=O)Oc2ccccc2)CC1. The summed E-state index contributed by atoms with van der Waals surface area (Å²) in [6.45, 7) is 3.80. The molecule has 1 aromatic carbocycles. The second-order valence-electron chi connectivity index (χ2n) is 4.96. The number of nitrogens with zero attached hydrogens (tertiary/aromatic N) is 2. The summed E-state index contributed by atoms with van der Waals surface area (Å²) in [5.74, 6) is 0.434. The highest BCUT2D eigenvalue weighted by Crippen LogP contribution is 2.12. The van der Waals surface area contributed by atoms with Gasteiger partial charge in [0, 0.05) is 26.2 Å². The van der Waals surface area contributed by atoms with Gasteiger partial charge in [-0.1, -0.05) is 18.2 Å². The highest BCUT2D eigenvalue weighted by atomic mass is 35.5. The average Bonchev–Trinajstić information content (AvgIpc) is 2.73. The van der Waals surface area contributed by atoms with Gasteiger partial charge in [0.2, 0.25) is 5.91 Å². The van der Waals surface area contributed by atoms with E-state index in [1.165, 1.54) is 0 Å². The first kappa shape index (κ1) is 15.6. The number of benzene rings is 1. The van der Waals surface area contributed by atoms with Crippen LogP contribution in [0.15, 0.2) is 30.3 Å². The van der Waals surface area contributed by atoms with Crippen LogP contribution in [-0.2, 0) is 4.79 Å². The van der Waals surface area contributed by atoms with E-state index in [-0.39, 0.29) is 12.0 Å². The summed E-state index contributed by atoms with van der Waals surface area (Å²) in [5, 5.41) is -0.534. The molecule has 1 aromatic rings. The van der Waals surface area contributed by atoms with Crippen molar-refractivity contribution in [3.8, 4) is 5.75 Å². The van der Waals surface area contributed by atoms with Crippen LogP contribution < -0.4 is 4.74 Å². The Kier molecular flexibility index (Phi) is 5.44. The van der Waals surface area contributed by atoms with Crippen LogP contribution >= 0.6 is 11.6 Å². The number of hydrogen-bond acceptors (Lipinski definition) is 3. The molecule has 0 N–H and O–H groups in total. The van der Waals surface area contributed by atoms with Gasteiger partial charge in [-0.2, -0.15) is 0 Å². The van der Waals surface area contributed by atoms with E-state index in [9.17, 15) is 9.59 Å². The van der Waals surface area contributed by atoms with Crippen molar-refractivity contribution >= 4 is 23.6 Å². The molecule has 1 saturated heterocycles. The normalized spacial score (nSPS) is 17.0. The minimum atomic E-state index is -0.534. The number of hydrogen-bond donors (Lipinski definition) is 0. The zero-order chi connectivity index (χ0) is 15.2. The van der Waals surface area contributed by atoms with Crippen LogP contribution in [0.3, 0.4) is 0 Å². The summed E-state index contributed by atoms with van der Waals surface area (Å²) in [6, 6.07) is 8.96. The second kappa shape index (κ2) is 7.31. The third-order valence-corrected chi connectivity index (χ3v) is 3.54. The molecule has 1 aliphatic rings. The molecule has 6 heteroatoms. The quantitative estimate of drug-likeness (QED) is 0.788. The predicted octanol–water partition coefficient (Wildman–Crippen LogP) is 2.35. The summed E-state index contributed by atoms with van der Waals surface area (Å²) < 4.78 is 5.31. The molecule has 1 heterocycles. The van der Waals surface area contributed by atoms with Gasteiger partial charge in [-0.3, -0.25) is 4.79 Å². The lowest BCUT2D eigenvalue weighted by Crippen LogP contribution is -2.40. The first-order valence-corrected chi connectivity index (χ1v) is 7.46. The van der Waals surface area contributed by atoms with Crippen molar-refractivity contribution in [2.75, 3.05) is 26.2 Å². The molecule has 2 rings (SSSR count). The number of halogens is 1. The average molecular weight is 311 g/mol. The Morgan fingerprint density at radius 1 is 1.10 bits per heavy atom. The Hall–Kier alpha value is -1.75. The largest absolute Gasteiger partial charge is 0.415 e. The third-order valence-electron chi connectivity index (χ3n) is 3.35. The molecule has 0 aliphatic carbocycles. The second-order valence-corrected chi connectivity index (χ2v) is 5.62. The molecule has 1 atom stereocenters. The van der Waals surface area contributed by atoms with Crippen LogP contribution in [0, 0.1) is 0 Å². The molecule has 0 radical (unpaired) electrons. The van der Waals surface area contributed by atoms with Gasteiger partial charge in [0.25, 0.3) is 0 Å². The Morgan fingerprint density at radius 3 is 2.38 bits per heavy atom. The minimum Gasteiger partial charge on any atom is -0.410 e. The Morgan fingerprint density at radius 2 is 1.71 bits per heavy atom. The highest BCUT2D eigenvalue weighted by Gasteiger charge is 2.24. The van der Waals surface area contributed by atoms with E-state index in [0.717, 1.165) is 6.42 Å². The van der Waals surface area contributed by atoms with Gasteiger partial charge in [-0.15, -0.1) is 11.6 Å². The van der Waals surface area contributed by atoms with Crippen LogP contribution in [0.25, 0.3) is 0 Å². The molecule has 0 aromatic heterocycles. The fourth-order valence-electron chi connectivity index (χ4n) is 2.23. The van der Waals surface area contributed by atoms with E-state index in [2.05, 4.69) is 0 Å². The molecule has 0 saturated carbocycles. The third kappa shape index (κ3) is 4.36. The van der Waals surface area contributed by atoms with Crippen molar-refractivity contribution in [2.24, 2.45) is 0 Å². The fraction of sp³-hybridized carbons (Fsp3) is 0.467. The number of alkyl halides is 1. The fourth-order valence-corrected chi connectivity index (χ4v) is 2.36. The van der Waals surface area contributed by atoms with Crippen molar-refractivity contribution in [2.45, 2.75) is 18.7 Å². The first-order chi connectivity index (χ1) is 10.1. The lowest BCUT2D eigenvalue weighted by molar-refractivity contribution is -0.130. The van der Waals surface area contributed by atoms with Crippen LogP contribution in [-0.4, -0.2) is 53.4 Å². The number of amides is 2. The Labute approximate surface area is 129 Å². The number of carbonyl (C=O) groups excluding carboxylic acids is 2. The van der Waals surface area contributed by atoms with Gasteiger partial charge < -0.3 is 14.5 Å². The topological polar surface area (TPSA) is 49.9 Å². The highest BCUT2D eigenvalue weighted by molar-refractivity contribution is 6.30. The van der Waals surface area contributed by atoms with Crippen LogP contribution in [0.1, 0.15) is 13.3 Å². The monoisotopic (exact) mass is 310 g/mol. The van der Waals surface area contributed by atoms with Crippen molar-refractivity contribution in [1.29, 1.82) is 0 Å². The molecule has 21 heavy (non-hydrogen) atoms. The standard InChI is InChI=1S/C15H19ClN2O3/c1-12(16)14(19)17-8-5-9-18(11-10-17)15(20)21-13-6-3-2-4-7-13/h2-4,6-7,12H,5,8-11H2,1H3. The lowest BCUT2D eigenvalue weighted by atomic mass is 10.3. The van der Waals surface area contributed by atoms with Gasteiger partial charge in [-0.05, 0) is 25.5 Å². The molecule has 1 unspecified atom stereocenters. The van der Waals surface area contributed by atoms with Crippen molar-refractivity contribution < 1.29 is 14.3 Å². The molecule has 5 nitrogen and oxygen atoms in total. The molecule has 114 valence electrons. The number of rotatable bonds is 2. The smallest absolute Gasteiger partial charge is 0.410 e. The maximum atomic E-state index is 12.1. The van der Waals surface area contributed by atoms with Gasteiger partial charge in [0.05, 0.1) is 0 Å². The minimum absolute atomic E-state index is 0.0880. The molecular weight excluding hydrogens is 292 g/mol. The van der Waals surface area contributed by atoms with Crippen molar-refractivity contribution in [3.05, 3.63) is 30.3 Å². The summed E-state index contributed by atoms with van der Waals surface area (Å²) >= 11 is 5.82. The van der Waals surface area contributed by atoms with E-state index in [1.54, 1.807) is 28.9 Å². The molecule has 0 spiro atoms. The van der Waals surface area contributed by atoms with E-state index < -0.39 is 5.38 Å². The lowest BCUT2D eigenvalue weighted by Gasteiger charge is -2.22. The Bertz CT molecular complexity index is 493. The van der Waals surface area contributed by atoms with E-state index in [4.69, 9.17) is 16.3 Å². The first-order valence-electron chi connectivity index (χ1n) is 7.02. The maximum absolute atomic E-state index is 12.1.